The molecule has 0 unspecified atom stereocenters. The third-order valence-electron chi connectivity index (χ3n) is 5.92. The molecule has 4 nitrogen and oxygen atoms in total. The van der Waals surface area contributed by atoms with E-state index in [1.54, 1.807) is 0 Å². The Labute approximate surface area is 192 Å². The predicted octanol–water partition coefficient (Wildman–Crippen LogP) is 4.44. The normalized spacial score (nSPS) is 20.5. The Morgan fingerprint density at radius 2 is 1.89 bits per heavy atom. The zero-order valence-electron chi connectivity index (χ0n) is 17.4. The average Bonchev–Trinajstić information content (AvgIpc) is 2.71. The van der Waals surface area contributed by atoms with Crippen LogP contribution in [-0.4, -0.2) is 61.3 Å². The molecule has 158 valence electrons. The van der Waals surface area contributed by atoms with Crippen LogP contribution in [0, 0.1) is 5.92 Å². The minimum Gasteiger partial charge on any atom is -0.381 e. The molecule has 0 atom stereocenters. The molecule has 3 rings (SSSR count). The zero-order valence-corrected chi connectivity index (χ0v) is 20.5. The van der Waals surface area contributed by atoms with Crippen LogP contribution < -0.4 is 5.32 Å². The molecule has 0 radical (unpaired) electrons. The Hall–Kier alpha value is -0.470. The number of likely N-dealkylation sites (tertiary alicyclic amines) is 1. The molecule has 2 aliphatic rings. The minimum atomic E-state index is 0. The number of hydrogen-bond acceptors (Lipinski definition) is 3. The molecule has 0 spiro atoms. The predicted molar refractivity (Wildman–Crippen MR) is 132 cm³/mol. The van der Waals surface area contributed by atoms with Crippen LogP contribution in [0.25, 0.3) is 0 Å². The standard InChI is InChI=1S/C22H35N3OS.HI/c1-3-27-22(11-15-26-16-12-22)18-24-21(23-2)25-13-9-20(10-14-25)17-19-7-5-4-6-8-19;/h4-8,20H,3,9-18H2,1-2H3,(H,23,24);1H. The van der Waals surface area contributed by atoms with E-state index in [0.29, 0.717) is 4.75 Å². The first kappa shape index (κ1) is 23.8. The molecule has 6 heteroatoms. The van der Waals surface area contributed by atoms with E-state index in [9.17, 15) is 0 Å². The van der Waals surface area contributed by atoms with Crippen molar-refractivity contribution < 1.29 is 4.74 Å². The number of thioether (sulfide) groups is 1. The van der Waals surface area contributed by atoms with Crippen LogP contribution in [0.3, 0.4) is 0 Å². The molecule has 2 fully saturated rings. The van der Waals surface area contributed by atoms with Crippen molar-refractivity contribution in [2.45, 2.75) is 43.8 Å². The Bertz CT molecular complexity index is 579. The summed E-state index contributed by atoms with van der Waals surface area (Å²) in [5.41, 5.74) is 1.47. The molecule has 1 N–H and O–H groups in total. The summed E-state index contributed by atoms with van der Waals surface area (Å²) >= 11 is 2.08. The third kappa shape index (κ3) is 6.80. The first-order valence-electron chi connectivity index (χ1n) is 10.5. The van der Waals surface area contributed by atoms with Crippen LogP contribution in [-0.2, 0) is 11.2 Å². The fourth-order valence-corrected chi connectivity index (χ4v) is 5.53. The maximum atomic E-state index is 5.60. The largest absolute Gasteiger partial charge is 0.381 e. The SMILES string of the molecule is CCSC1(CNC(=NC)N2CCC(Cc3ccccc3)CC2)CCOCC1.I. The molecule has 0 aromatic heterocycles. The number of aliphatic imine (C=N–C) groups is 1. The highest BCUT2D eigenvalue weighted by Crippen LogP contribution is 2.35. The number of benzene rings is 1. The van der Waals surface area contributed by atoms with Gasteiger partial charge < -0.3 is 15.0 Å². The molecule has 2 saturated heterocycles. The van der Waals surface area contributed by atoms with Crippen molar-refractivity contribution in [1.82, 2.24) is 10.2 Å². The molecule has 2 aliphatic heterocycles. The molecular weight excluding hydrogens is 481 g/mol. The molecule has 1 aromatic rings. The Balaban J connectivity index is 0.00000280. The van der Waals surface area contributed by atoms with Crippen LogP contribution in [0.15, 0.2) is 35.3 Å². The van der Waals surface area contributed by atoms with Gasteiger partial charge in [0.1, 0.15) is 0 Å². The lowest BCUT2D eigenvalue weighted by atomic mass is 9.90. The molecule has 0 aliphatic carbocycles. The number of piperidine rings is 1. The van der Waals surface area contributed by atoms with E-state index < -0.39 is 0 Å². The summed E-state index contributed by atoms with van der Waals surface area (Å²) in [6.45, 7) is 7.23. The summed E-state index contributed by atoms with van der Waals surface area (Å²) in [4.78, 5) is 7.04. The van der Waals surface area contributed by atoms with Crippen molar-refractivity contribution in [3.63, 3.8) is 0 Å². The van der Waals surface area contributed by atoms with Crippen molar-refractivity contribution in [2.75, 3.05) is 45.6 Å². The van der Waals surface area contributed by atoms with Gasteiger partial charge in [0, 0.05) is 44.6 Å². The van der Waals surface area contributed by atoms with Gasteiger partial charge in [-0.05, 0) is 49.3 Å². The fourth-order valence-electron chi connectivity index (χ4n) is 4.29. The van der Waals surface area contributed by atoms with E-state index in [0.717, 1.165) is 63.3 Å². The Morgan fingerprint density at radius 3 is 2.50 bits per heavy atom. The van der Waals surface area contributed by atoms with E-state index in [-0.39, 0.29) is 24.0 Å². The monoisotopic (exact) mass is 517 g/mol. The lowest BCUT2D eigenvalue weighted by molar-refractivity contribution is 0.0779. The second-order valence-corrected chi connectivity index (χ2v) is 9.48. The summed E-state index contributed by atoms with van der Waals surface area (Å²) in [6.07, 6.45) is 5.97. The number of nitrogens with one attached hydrogen (secondary N) is 1. The fraction of sp³-hybridized carbons (Fsp3) is 0.682. The van der Waals surface area contributed by atoms with Gasteiger partial charge in [-0.3, -0.25) is 4.99 Å². The van der Waals surface area contributed by atoms with Crippen molar-refractivity contribution in [3.8, 4) is 0 Å². The van der Waals surface area contributed by atoms with Gasteiger partial charge in [0.15, 0.2) is 5.96 Å². The minimum absolute atomic E-state index is 0. The van der Waals surface area contributed by atoms with E-state index in [4.69, 9.17) is 4.74 Å². The maximum absolute atomic E-state index is 5.60. The Morgan fingerprint density at radius 1 is 1.21 bits per heavy atom. The van der Waals surface area contributed by atoms with Gasteiger partial charge >= 0.3 is 0 Å². The highest BCUT2D eigenvalue weighted by Gasteiger charge is 2.33. The zero-order chi connectivity index (χ0) is 19.0. The average molecular weight is 518 g/mol. The van der Waals surface area contributed by atoms with Crippen molar-refractivity contribution in [2.24, 2.45) is 10.9 Å². The Kier molecular flexibility index (Phi) is 10.4. The number of nitrogens with zero attached hydrogens (tertiary/aromatic N) is 2. The van der Waals surface area contributed by atoms with Crippen LogP contribution in [0.2, 0.25) is 0 Å². The van der Waals surface area contributed by atoms with Crippen LogP contribution in [0.1, 0.15) is 38.2 Å². The van der Waals surface area contributed by atoms with Crippen molar-refractivity contribution >= 4 is 41.7 Å². The lowest BCUT2D eigenvalue weighted by Crippen LogP contribution is -2.51. The van der Waals surface area contributed by atoms with Gasteiger partial charge in [-0.25, -0.2) is 0 Å². The van der Waals surface area contributed by atoms with Gasteiger partial charge in [-0.2, -0.15) is 11.8 Å². The number of guanidine groups is 1. The van der Waals surface area contributed by atoms with Crippen LogP contribution >= 0.6 is 35.7 Å². The topological polar surface area (TPSA) is 36.9 Å². The van der Waals surface area contributed by atoms with Gasteiger partial charge in [0.05, 0.1) is 0 Å². The van der Waals surface area contributed by atoms with Gasteiger partial charge in [0.25, 0.3) is 0 Å². The molecule has 0 amide bonds. The van der Waals surface area contributed by atoms with E-state index in [1.165, 1.54) is 24.8 Å². The summed E-state index contributed by atoms with van der Waals surface area (Å²) in [7, 11) is 1.92. The van der Waals surface area contributed by atoms with E-state index >= 15 is 0 Å². The van der Waals surface area contributed by atoms with E-state index in [2.05, 4.69) is 64.2 Å². The maximum Gasteiger partial charge on any atom is 0.193 e. The second kappa shape index (κ2) is 12.3. The summed E-state index contributed by atoms with van der Waals surface area (Å²) < 4.78 is 5.90. The molecule has 28 heavy (non-hydrogen) atoms. The number of halogens is 1. The van der Waals surface area contributed by atoms with Gasteiger partial charge in [-0.15, -0.1) is 24.0 Å². The number of hydrogen-bond donors (Lipinski definition) is 1. The molecular formula is C22H36IN3OS. The van der Waals surface area contributed by atoms with Crippen molar-refractivity contribution in [1.29, 1.82) is 0 Å². The molecule has 1 aromatic carbocycles. The quantitative estimate of drug-likeness (QED) is 0.344. The molecule has 0 saturated carbocycles. The number of rotatable bonds is 6. The number of ether oxygens (including phenoxy) is 1. The molecule has 0 bridgehead atoms. The van der Waals surface area contributed by atoms with Gasteiger partial charge in [0.2, 0.25) is 0 Å². The van der Waals surface area contributed by atoms with Gasteiger partial charge in [-0.1, -0.05) is 37.3 Å². The highest BCUT2D eigenvalue weighted by atomic mass is 127. The summed E-state index contributed by atoms with van der Waals surface area (Å²) in [5, 5.41) is 3.70. The molecule has 2 heterocycles. The van der Waals surface area contributed by atoms with E-state index in [1.807, 2.05) is 7.05 Å². The van der Waals surface area contributed by atoms with Crippen LogP contribution in [0.4, 0.5) is 0 Å². The second-order valence-electron chi connectivity index (χ2n) is 7.75. The van der Waals surface area contributed by atoms with Crippen LogP contribution in [0.5, 0.6) is 0 Å². The lowest BCUT2D eigenvalue weighted by Gasteiger charge is -2.39. The highest BCUT2D eigenvalue weighted by molar-refractivity contribution is 14.0. The van der Waals surface area contributed by atoms with Crippen molar-refractivity contribution in [3.05, 3.63) is 35.9 Å². The first-order valence-corrected chi connectivity index (χ1v) is 11.4. The summed E-state index contributed by atoms with van der Waals surface area (Å²) in [5.74, 6) is 3.03. The smallest absolute Gasteiger partial charge is 0.193 e. The summed E-state index contributed by atoms with van der Waals surface area (Å²) in [6, 6.07) is 10.9. The first-order chi connectivity index (χ1) is 13.2. The third-order valence-corrected chi connectivity index (χ3v) is 7.37.